The van der Waals surface area contributed by atoms with Gasteiger partial charge in [-0.05, 0) is 35.9 Å². The molecule has 25 heavy (non-hydrogen) atoms. The minimum Gasteiger partial charge on any atom is -0.333 e. The van der Waals surface area contributed by atoms with Gasteiger partial charge in [-0.3, -0.25) is 9.78 Å². The van der Waals surface area contributed by atoms with Crippen LogP contribution in [0.15, 0.2) is 53.7 Å². The Balaban J connectivity index is 0.00000225. The zero-order valence-electron chi connectivity index (χ0n) is 13.7. The molecule has 1 aliphatic heterocycles. The lowest BCUT2D eigenvalue weighted by atomic mass is 10.1. The maximum atomic E-state index is 12.7. The van der Waals surface area contributed by atoms with Crippen LogP contribution in [-0.2, 0) is 4.79 Å². The summed E-state index contributed by atoms with van der Waals surface area (Å²) in [6.07, 6.45) is 4.14. The largest absolute Gasteiger partial charge is 0.333 e. The lowest BCUT2D eigenvalue weighted by Gasteiger charge is -2.36. The number of amides is 1. The van der Waals surface area contributed by atoms with Crippen LogP contribution in [0.25, 0.3) is 0 Å². The van der Waals surface area contributed by atoms with E-state index in [4.69, 9.17) is 11.6 Å². The minimum absolute atomic E-state index is 0. The summed E-state index contributed by atoms with van der Waals surface area (Å²) in [5.74, 6) is 0.969. The van der Waals surface area contributed by atoms with Crippen LogP contribution < -0.4 is 5.32 Å². The van der Waals surface area contributed by atoms with Crippen molar-refractivity contribution in [2.45, 2.75) is 17.4 Å². The third kappa shape index (κ3) is 5.61. The zero-order chi connectivity index (χ0) is 16.8. The van der Waals surface area contributed by atoms with E-state index < -0.39 is 0 Å². The molecule has 0 spiro atoms. The maximum absolute atomic E-state index is 12.7. The van der Waals surface area contributed by atoms with Crippen LogP contribution in [-0.4, -0.2) is 41.2 Å². The molecule has 1 saturated heterocycles. The van der Waals surface area contributed by atoms with Gasteiger partial charge in [0.05, 0.1) is 6.04 Å². The summed E-state index contributed by atoms with van der Waals surface area (Å²) in [7, 11) is 0. The molecule has 4 nitrogen and oxygen atoms in total. The molecule has 0 saturated carbocycles. The van der Waals surface area contributed by atoms with E-state index in [0.717, 1.165) is 40.9 Å². The number of nitrogens with zero attached hydrogens (tertiary/aromatic N) is 2. The Bertz CT molecular complexity index is 670. The van der Waals surface area contributed by atoms with E-state index >= 15 is 0 Å². The van der Waals surface area contributed by atoms with Gasteiger partial charge in [0.25, 0.3) is 0 Å². The lowest BCUT2D eigenvalue weighted by molar-refractivity contribution is -0.134. The fourth-order valence-corrected chi connectivity index (χ4v) is 3.77. The molecular formula is C18H21Cl2N3OS. The monoisotopic (exact) mass is 397 g/mol. The SMILES string of the molecule is Cl.O=C(CCSc1ccc(Cl)cc1)N1CCNCC1c1cccnc1. The van der Waals surface area contributed by atoms with Crippen LogP contribution in [0.3, 0.4) is 0 Å². The number of aromatic nitrogens is 1. The molecular weight excluding hydrogens is 377 g/mol. The fourth-order valence-electron chi connectivity index (χ4n) is 2.80. The number of hydrogen-bond donors (Lipinski definition) is 1. The molecule has 1 atom stereocenters. The Morgan fingerprint density at radius 3 is 2.84 bits per heavy atom. The molecule has 0 aliphatic carbocycles. The Hall–Kier alpha value is -1.27. The van der Waals surface area contributed by atoms with Gasteiger partial charge in [0.1, 0.15) is 0 Å². The number of benzene rings is 1. The minimum atomic E-state index is 0. The fraction of sp³-hybridized carbons (Fsp3) is 0.333. The lowest BCUT2D eigenvalue weighted by Crippen LogP contribution is -2.48. The van der Waals surface area contributed by atoms with Crippen LogP contribution in [0.5, 0.6) is 0 Å². The summed E-state index contributed by atoms with van der Waals surface area (Å²) in [5, 5.41) is 4.10. The Kier molecular flexibility index (Phi) is 8.03. The average Bonchev–Trinajstić information content (AvgIpc) is 2.64. The summed E-state index contributed by atoms with van der Waals surface area (Å²) < 4.78 is 0. The van der Waals surface area contributed by atoms with E-state index in [0.29, 0.717) is 6.42 Å². The summed E-state index contributed by atoms with van der Waals surface area (Å²) in [5.41, 5.74) is 1.09. The van der Waals surface area contributed by atoms with E-state index in [-0.39, 0.29) is 24.4 Å². The number of nitrogens with one attached hydrogen (secondary N) is 1. The second-order valence-corrected chi connectivity index (χ2v) is 7.25. The highest BCUT2D eigenvalue weighted by molar-refractivity contribution is 7.99. The predicted octanol–water partition coefficient (Wildman–Crippen LogP) is 3.81. The molecule has 134 valence electrons. The van der Waals surface area contributed by atoms with Crippen molar-refractivity contribution in [3.8, 4) is 0 Å². The van der Waals surface area contributed by atoms with Crippen LogP contribution in [0, 0.1) is 0 Å². The van der Waals surface area contributed by atoms with Crippen molar-refractivity contribution in [3.05, 3.63) is 59.4 Å². The second kappa shape index (κ2) is 10.0. The quantitative estimate of drug-likeness (QED) is 0.778. The molecule has 1 amide bonds. The van der Waals surface area contributed by atoms with Crippen LogP contribution in [0.1, 0.15) is 18.0 Å². The van der Waals surface area contributed by atoms with Gasteiger partial charge >= 0.3 is 0 Å². The first-order chi connectivity index (χ1) is 11.7. The number of carbonyl (C=O) groups excluding carboxylic acids is 1. The van der Waals surface area contributed by atoms with Crippen molar-refractivity contribution in [2.75, 3.05) is 25.4 Å². The molecule has 1 aromatic carbocycles. The molecule has 1 unspecified atom stereocenters. The number of thioether (sulfide) groups is 1. The van der Waals surface area contributed by atoms with Crippen molar-refractivity contribution in [2.24, 2.45) is 0 Å². The van der Waals surface area contributed by atoms with E-state index in [9.17, 15) is 4.79 Å². The highest BCUT2D eigenvalue weighted by Crippen LogP contribution is 2.24. The van der Waals surface area contributed by atoms with Gasteiger partial charge in [0.2, 0.25) is 5.91 Å². The third-order valence-electron chi connectivity index (χ3n) is 4.03. The van der Waals surface area contributed by atoms with Gasteiger partial charge in [-0.2, -0.15) is 0 Å². The van der Waals surface area contributed by atoms with Crippen LogP contribution in [0.2, 0.25) is 5.02 Å². The van der Waals surface area contributed by atoms with Gasteiger partial charge < -0.3 is 10.2 Å². The summed E-state index contributed by atoms with van der Waals surface area (Å²) in [6.45, 7) is 2.36. The molecule has 0 bridgehead atoms. The van der Waals surface area contributed by atoms with Gasteiger partial charge in [0, 0.05) is 54.1 Å². The number of halogens is 2. The molecule has 2 heterocycles. The van der Waals surface area contributed by atoms with Gasteiger partial charge in [-0.15, -0.1) is 24.2 Å². The number of hydrogen-bond acceptors (Lipinski definition) is 4. The molecule has 0 radical (unpaired) electrons. The standard InChI is InChI=1S/C18H20ClN3OS.ClH/c19-15-3-5-16(6-4-15)24-11-7-18(23)22-10-9-21-13-17(22)14-2-1-8-20-12-14;/h1-6,8,12,17,21H,7,9-11,13H2;1H. The van der Waals surface area contributed by atoms with Gasteiger partial charge in [-0.1, -0.05) is 17.7 Å². The molecule has 1 fully saturated rings. The van der Waals surface area contributed by atoms with E-state index in [2.05, 4.69) is 10.3 Å². The third-order valence-corrected chi connectivity index (χ3v) is 5.30. The summed E-state index contributed by atoms with van der Waals surface area (Å²) in [6, 6.07) is 11.7. The molecule has 1 N–H and O–H groups in total. The first-order valence-corrected chi connectivity index (χ1v) is 9.39. The van der Waals surface area contributed by atoms with E-state index in [1.165, 1.54) is 0 Å². The van der Waals surface area contributed by atoms with E-state index in [1.54, 1.807) is 18.0 Å². The summed E-state index contributed by atoms with van der Waals surface area (Å²) >= 11 is 7.58. The van der Waals surface area contributed by atoms with Crippen molar-refractivity contribution in [1.29, 1.82) is 0 Å². The van der Waals surface area contributed by atoms with Crippen molar-refractivity contribution < 1.29 is 4.79 Å². The highest BCUT2D eigenvalue weighted by Gasteiger charge is 2.27. The van der Waals surface area contributed by atoms with Crippen LogP contribution >= 0.6 is 35.8 Å². The molecule has 2 aromatic rings. The predicted molar refractivity (Wildman–Crippen MR) is 106 cm³/mol. The van der Waals surface area contributed by atoms with Crippen LogP contribution in [0.4, 0.5) is 0 Å². The normalized spacial score (nSPS) is 17.0. The van der Waals surface area contributed by atoms with Crippen molar-refractivity contribution in [1.82, 2.24) is 15.2 Å². The Labute approximate surface area is 163 Å². The molecule has 7 heteroatoms. The first kappa shape index (κ1) is 20.0. The van der Waals surface area contributed by atoms with Gasteiger partial charge in [0.15, 0.2) is 0 Å². The highest BCUT2D eigenvalue weighted by atomic mass is 35.5. The topological polar surface area (TPSA) is 45.2 Å². The number of rotatable bonds is 5. The maximum Gasteiger partial charge on any atom is 0.224 e. The summed E-state index contributed by atoms with van der Waals surface area (Å²) in [4.78, 5) is 20.0. The van der Waals surface area contributed by atoms with Gasteiger partial charge in [-0.25, -0.2) is 0 Å². The Morgan fingerprint density at radius 2 is 2.12 bits per heavy atom. The smallest absolute Gasteiger partial charge is 0.224 e. The number of pyridine rings is 1. The average molecular weight is 398 g/mol. The number of piperazine rings is 1. The number of carbonyl (C=O) groups is 1. The van der Waals surface area contributed by atoms with Crippen molar-refractivity contribution in [3.63, 3.8) is 0 Å². The Morgan fingerprint density at radius 1 is 1.32 bits per heavy atom. The second-order valence-electron chi connectivity index (χ2n) is 5.65. The molecule has 1 aromatic heterocycles. The van der Waals surface area contributed by atoms with Crippen molar-refractivity contribution >= 4 is 41.7 Å². The first-order valence-electron chi connectivity index (χ1n) is 8.02. The zero-order valence-corrected chi connectivity index (χ0v) is 16.1. The molecule has 3 rings (SSSR count). The molecule has 1 aliphatic rings. The van der Waals surface area contributed by atoms with E-state index in [1.807, 2.05) is 47.5 Å².